The molecule has 1 heterocycles. The van der Waals surface area contributed by atoms with Crippen LogP contribution in [-0.2, 0) is 9.59 Å². The molecule has 0 radical (unpaired) electrons. The molecule has 0 spiro atoms. The first kappa shape index (κ1) is 23.1. The van der Waals surface area contributed by atoms with Crippen LogP contribution in [0.4, 0.5) is 5.69 Å². The van der Waals surface area contributed by atoms with Crippen LogP contribution >= 0.6 is 0 Å². The molecule has 1 aromatic carbocycles. The highest BCUT2D eigenvalue weighted by Crippen LogP contribution is 2.30. The van der Waals surface area contributed by atoms with Gasteiger partial charge in [0, 0.05) is 57.8 Å². The highest BCUT2D eigenvalue weighted by atomic mass is 16.2. The van der Waals surface area contributed by atoms with Gasteiger partial charge in [0.2, 0.25) is 11.8 Å². The van der Waals surface area contributed by atoms with Gasteiger partial charge < -0.3 is 20.4 Å². The maximum absolute atomic E-state index is 12.9. The summed E-state index contributed by atoms with van der Waals surface area (Å²) in [6.45, 7) is 5.27. The number of carbonyl (C=O) groups is 3. The van der Waals surface area contributed by atoms with Crippen molar-refractivity contribution in [1.29, 1.82) is 0 Å². The van der Waals surface area contributed by atoms with Gasteiger partial charge in [-0.25, -0.2) is 0 Å². The molecule has 2 aliphatic rings. The molecular weight excluding hydrogens is 392 g/mol. The van der Waals surface area contributed by atoms with E-state index in [2.05, 4.69) is 10.6 Å². The Balaban J connectivity index is 1.40. The summed E-state index contributed by atoms with van der Waals surface area (Å²) in [5, 5.41) is 6.12. The third-order valence-electron chi connectivity index (χ3n) is 6.60. The first-order valence-electron chi connectivity index (χ1n) is 11.6. The van der Waals surface area contributed by atoms with E-state index in [4.69, 9.17) is 0 Å². The molecule has 7 heteroatoms. The largest absolute Gasteiger partial charge is 0.387 e. The molecule has 1 aliphatic heterocycles. The predicted molar refractivity (Wildman–Crippen MR) is 122 cm³/mol. The molecule has 1 saturated carbocycles. The lowest BCUT2D eigenvalue weighted by Crippen LogP contribution is -2.52. The Labute approximate surface area is 185 Å². The van der Waals surface area contributed by atoms with E-state index in [0.29, 0.717) is 50.6 Å². The van der Waals surface area contributed by atoms with Crippen molar-refractivity contribution in [1.82, 2.24) is 15.1 Å². The Kier molecular flexibility index (Phi) is 8.32. The number of carbonyl (C=O) groups excluding carboxylic acids is 3. The standard InChI is InChI=1S/C24H36N4O3/c1-3-6-22(29)27-13-15-28(16-14-27)24(31)19-11-9-18(10-12-19)17-26-23(30)20-7-4-5-8-21(20)25-2/h4-5,7-8,18-19,25H,3,6,9-17H2,1-2H3,(H,26,30). The zero-order valence-electron chi connectivity index (χ0n) is 18.9. The summed E-state index contributed by atoms with van der Waals surface area (Å²) in [5.41, 5.74) is 1.48. The Morgan fingerprint density at radius 2 is 1.61 bits per heavy atom. The quantitative estimate of drug-likeness (QED) is 0.700. The predicted octanol–water partition coefficient (Wildman–Crippen LogP) is 2.74. The second-order valence-corrected chi connectivity index (χ2v) is 8.68. The maximum atomic E-state index is 12.9. The normalized spacial score (nSPS) is 21.5. The van der Waals surface area contributed by atoms with Crippen molar-refractivity contribution in [3.05, 3.63) is 29.8 Å². The Morgan fingerprint density at radius 1 is 0.968 bits per heavy atom. The Morgan fingerprint density at radius 3 is 2.26 bits per heavy atom. The fourth-order valence-corrected chi connectivity index (χ4v) is 4.65. The number of piperazine rings is 1. The molecule has 0 atom stereocenters. The number of benzene rings is 1. The van der Waals surface area contributed by atoms with E-state index < -0.39 is 0 Å². The van der Waals surface area contributed by atoms with Gasteiger partial charge in [-0.05, 0) is 50.2 Å². The lowest BCUT2D eigenvalue weighted by atomic mass is 9.81. The zero-order chi connectivity index (χ0) is 22.2. The number of amides is 3. The van der Waals surface area contributed by atoms with Gasteiger partial charge in [0.1, 0.15) is 0 Å². The number of nitrogens with one attached hydrogen (secondary N) is 2. The summed E-state index contributed by atoms with van der Waals surface area (Å²) in [5.74, 6) is 0.884. The maximum Gasteiger partial charge on any atom is 0.253 e. The average Bonchev–Trinajstić information content (AvgIpc) is 2.82. The van der Waals surface area contributed by atoms with Gasteiger partial charge in [-0.2, -0.15) is 0 Å². The monoisotopic (exact) mass is 428 g/mol. The minimum atomic E-state index is -0.0568. The number of hydrogen-bond donors (Lipinski definition) is 2. The summed E-state index contributed by atoms with van der Waals surface area (Å²) in [6.07, 6.45) is 5.13. The fourth-order valence-electron chi connectivity index (χ4n) is 4.65. The molecule has 0 aromatic heterocycles. The van der Waals surface area contributed by atoms with E-state index in [0.717, 1.165) is 37.8 Å². The van der Waals surface area contributed by atoms with E-state index in [9.17, 15) is 14.4 Å². The third-order valence-corrected chi connectivity index (χ3v) is 6.60. The van der Waals surface area contributed by atoms with Crippen molar-refractivity contribution in [3.63, 3.8) is 0 Å². The van der Waals surface area contributed by atoms with Crippen LogP contribution < -0.4 is 10.6 Å². The summed E-state index contributed by atoms with van der Waals surface area (Å²) < 4.78 is 0. The molecule has 0 bridgehead atoms. The molecule has 170 valence electrons. The number of hydrogen-bond acceptors (Lipinski definition) is 4. The van der Waals surface area contributed by atoms with Gasteiger partial charge >= 0.3 is 0 Å². The number of para-hydroxylation sites is 1. The van der Waals surface area contributed by atoms with Gasteiger partial charge in [0.25, 0.3) is 5.91 Å². The van der Waals surface area contributed by atoms with Crippen molar-refractivity contribution < 1.29 is 14.4 Å². The second-order valence-electron chi connectivity index (χ2n) is 8.68. The van der Waals surface area contributed by atoms with Crippen LogP contribution in [0.2, 0.25) is 0 Å². The van der Waals surface area contributed by atoms with E-state index in [1.54, 1.807) is 0 Å². The summed E-state index contributed by atoms with van der Waals surface area (Å²) >= 11 is 0. The molecule has 1 aliphatic carbocycles. The van der Waals surface area contributed by atoms with Gasteiger partial charge in [-0.1, -0.05) is 19.1 Å². The minimum absolute atomic E-state index is 0.0568. The molecule has 7 nitrogen and oxygen atoms in total. The smallest absolute Gasteiger partial charge is 0.253 e. The SMILES string of the molecule is CCCC(=O)N1CCN(C(=O)C2CCC(CNC(=O)c3ccccc3NC)CC2)CC1. The van der Waals surface area contributed by atoms with Crippen molar-refractivity contribution in [2.24, 2.45) is 11.8 Å². The van der Waals surface area contributed by atoms with Crippen LogP contribution in [0.15, 0.2) is 24.3 Å². The van der Waals surface area contributed by atoms with Gasteiger partial charge in [0.05, 0.1) is 5.56 Å². The number of rotatable bonds is 7. The molecule has 31 heavy (non-hydrogen) atoms. The number of nitrogens with zero attached hydrogens (tertiary/aromatic N) is 2. The Hall–Kier alpha value is -2.57. The van der Waals surface area contributed by atoms with Crippen molar-refractivity contribution in [3.8, 4) is 0 Å². The molecule has 3 amide bonds. The molecule has 1 aromatic rings. The van der Waals surface area contributed by atoms with Crippen LogP contribution in [-0.4, -0.2) is 67.3 Å². The Bertz CT molecular complexity index is 766. The lowest BCUT2D eigenvalue weighted by molar-refractivity contribution is -0.143. The van der Waals surface area contributed by atoms with Crippen LogP contribution in [0.25, 0.3) is 0 Å². The summed E-state index contributed by atoms with van der Waals surface area (Å²) in [6, 6.07) is 7.49. The van der Waals surface area contributed by atoms with Crippen LogP contribution in [0.5, 0.6) is 0 Å². The first-order chi connectivity index (χ1) is 15.0. The number of anilines is 1. The van der Waals surface area contributed by atoms with Crippen molar-refractivity contribution >= 4 is 23.4 Å². The van der Waals surface area contributed by atoms with Crippen LogP contribution in [0.1, 0.15) is 55.8 Å². The van der Waals surface area contributed by atoms with Gasteiger partial charge in [0.15, 0.2) is 0 Å². The molecule has 0 unspecified atom stereocenters. The second kappa shape index (κ2) is 11.2. The average molecular weight is 429 g/mol. The van der Waals surface area contributed by atoms with E-state index in [1.807, 2.05) is 48.0 Å². The molecule has 2 N–H and O–H groups in total. The molecular formula is C24H36N4O3. The van der Waals surface area contributed by atoms with Crippen molar-refractivity contribution in [2.75, 3.05) is 45.1 Å². The summed E-state index contributed by atoms with van der Waals surface area (Å²) in [4.78, 5) is 41.3. The van der Waals surface area contributed by atoms with Gasteiger partial charge in [-0.3, -0.25) is 14.4 Å². The minimum Gasteiger partial charge on any atom is -0.387 e. The molecule has 3 rings (SSSR count). The van der Waals surface area contributed by atoms with Crippen LogP contribution in [0, 0.1) is 11.8 Å². The van der Waals surface area contributed by atoms with Gasteiger partial charge in [-0.15, -0.1) is 0 Å². The highest BCUT2D eigenvalue weighted by Gasteiger charge is 2.31. The van der Waals surface area contributed by atoms with Crippen LogP contribution in [0.3, 0.4) is 0 Å². The van der Waals surface area contributed by atoms with E-state index in [-0.39, 0.29) is 23.6 Å². The lowest BCUT2D eigenvalue weighted by Gasteiger charge is -2.38. The highest BCUT2D eigenvalue weighted by molar-refractivity contribution is 5.99. The van der Waals surface area contributed by atoms with E-state index >= 15 is 0 Å². The summed E-state index contributed by atoms with van der Waals surface area (Å²) in [7, 11) is 1.81. The molecule has 1 saturated heterocycles. The third kappa shape index (κ3) is 5.99. The van der Waals surface area contributed by atoms with E-state index in [1.165, 1.54) is 0 Å². The van der Waals surface area contributed by atoms with Crippen molar-refractivity contribution in [2.45, 2.75) is 45.4 Å². The zero-order valence-corrected chi connectivity index (χ0v) is 18.9. The molecule has 2 fully saturated rings. The fraction of sp³-hybridized carbons (Fsp3) is 0.625. The topological polar surface area (TPSA) is 81.8 Å². The first-order valence-corrected chi connectivity index (χ1v) is 11.6.